The highest BCUT2D eigenvalue weighted by molar-refractivity contribution is 7.09. The summed E-state index contributed by atoms with van der Waals surface area (Å²) in [6, 6.07) is 1.06. The van der Waals surface area contributed by atoms with Gasteiger partial charge in [0.15, 0.2) is 0 Å². The molecule has 0 saturated heterocycles. The first kappa shape index (κ1) is 13.0. The molecule has 2 rings (SSSR count). The molecule has 1 aromatic heterocycles. The van der Waals surface area contributed by atoms with Gasteiger partial charge < -0.3 is 10.1 Å². The number of hydrogen-bond donors (Lipinski definition) is 1. The molecule has 1 atom stereocenters. The van der Waals surface area contributed by atoms with Crippen molar-refractivity contribution in [1.82, 2.24) is 10.3 Å². The van der Waals surface area contributed by atoms with Crippen LogP contribution in [0.1, 0.15) is 50.1 Å². The van der Waals surface area contributed by atoms with Crippen molar-refractivity contribution in [2.75, 3.05) is 7.11 Å². The molecule has 0 aliphatic heterocycles. The topological polar surface area (TPSA) is 34.1 Å². The third-order valence-electron chi connectivity index (χ3n) is 3.60. The predicted molar refractivity (Wildman–Crippen MR) is 71.3 cm³/mol. The van der Waals surface area contributed by atoms with E-state index in [4.69, 9.17) is 4.74 Å². The molecule has 1 aliphatic carbocycles. The largest absolute Gasteiger partial charge is 0.381 e. The summed E-state index contributed by atoms with van der Waals surface area (Å²) < 4.78 is 5.40. The lowest BCUT2D eigenvalue weighted by Gasteiger charge is -2.30. The van der Waals surface area contributed by atoms with Gasteiger partial charge >= 0.3 is 0 Å². The lowest BCUT2D eigenvalue weighted by Crippen LogP contribution is -2.37. The molecule has 3 nitrogen and oxygen atoms in total. The molecule has 96 valence electrons. The summed E-state index contributed by atoms with van der Waals surface area (Å²) in [6.45, 7) is 2.22. The number of hydrogen-bond acceptors (Lipinski definition) is 4. The van der Waals surface area contributed by atoms with Crippen LogP contribution in [0.3, 0.4) is 0 Å². The van der Waals surface area contributed by atoms with E-state index in [2.05, 4.69) is 22.6 Å². The molecule has 0 radical (unpaired) electrons. The molecule has 17 heavy (non-hydrogen) atoms. The van der Waals surface area contributed by atoms with Crippen LogP contribution in [0.25, 0.3) is 0 Å². The van der Waals surface area contributed by atoms with E-state index in [1.807, 2.05) is 13.3 Å². The van der Waals surface area contributed by atoms with E-state index in [1.54, 1.807) is 11.3 Å². The Hall–Kier alpha value is -0.450. The van der Waals surface area contributed by atoms with E-state index in [-0.39, 0.29) is 0 Å². The van der Waals surface area contributed by atoms with Crippen LogP contribution in [0.5, 0.6) is 0 Å². The summed E-state index contributed by atoms with van der Waals surface area (Å²) in [5.41, 5.74) is 0. The number of methoxy groups -OCH3 is 1. The Morgan fingerprint density at radius 2 is 2.24 bits per heavy atom. The fourth-order valence-corrected chi connectivity index (χ4v) is 3.30. The minimum atomic E-state index is 0.430. The van der Waals surface area contributed by atoms with Crippen LogP contribution in [0.4, 0.5) is 0 Å². The second-order valence-electron chi connectivity index (χ2n) is 4.71. The zero-order valence-electron chi connectivity index (χ0n) is 10.7. The van der Waals surface area contributed by atoms with Crippen molar-refractivity contribution in [3.63, 3.8) is 0 Å². The van der Waals surface area contributed by atoms with Crippen molar-refractivity contribution >= 4 is 11.3 Å². The van der Waals surface area contributed by atoms with E-state index < -0.39 is 0 Å². The Morgan fingerprint density at radius 1 is 1.47 bits per heavy atom. The molecule has 1 fully saturated rings. The maximum Gasteiger partial charge on any atom is 0.109 e. The summed E-state index contributed by atoms with van der Waals surface area (Å²) in [5, 5.41) is 7.03. The van der Waals surface area contributed by atoms with Crippen molar-refractivity contribution < 1.29 is 4.74 Å². The molecule has 1 aromatic rings. The number of nitrogens with zero attached hydrogens (tertiary/aromatic N) is 1. The number of thiazole rings is 1. The van der Waals surface area contributed by atoms with Gasteiger partial charge in [-0.05, 0) is 32.1 Å². The quantitative estimate of drug-likeness (QED) is 0.876. The second-order valence-corrected chi connectivity index (χ2v) is 5.63. The van der Waals surface area contributed by atoms with Crippen LogP contribution in [-0.4, -0.2) is 24.2 Å². The first-order chi connectivity index (χ1) is 8.33. The Morgan fingerprint density at radius 3 is 2.76 bits per heavy atom. The Bertz CT molecular complexity index is 307. The maximum absolute atomic E-state index is 5.40. The number of rotatable bonds is 5. The molecular weight excluding hydrogens is 232 g/mol. The summed E-state index contributed by atoms with van der Waals surface area (Å²) in [5.74, 6) is 0. The van der Waals surface area contributed by atoms with Crippen molar-refractivity contribution in [3.05, 3.63) is 16.6 Å². The Balaban J connectivity index is 1.84. The number of nitrogens with one attached hydrogen (secondary N) is 1. The lowest BCUT2D eigenvalue weighted by molar-refractivity contribution is 0.0610. The molecule has 1 heterocycles. The minimum absolute atomic E-state index is 0.430. The van der Waals surface area contributed by atoms with Gasteiger partial charge in [0, 0.05) is 24.7 Å². The van der Waals surface area contributed by atoms with Gasteiger partial charge in [0.25, 0.3) is 0 Å². The first-order valence-electron chi connectivity index (χ1n) is 6.51. The van der Waals surface area contributed by atoms with Gasteiger partial charge in [0.05, 0.1) is 12.1 Å². The zero-order chi connectivity index (χ0) is 12.1. The van der Waals surface area contributed by atoms with Crippen molar-refractivity contribution in [1.29, 1.82) is 0 Å². The molecule has 0 aromatic carbocycles. The lowest BCUT2D eigenvalue weighted by atomic mass is 9.92. The highest BCUT2D eigenvalue weighted by Gasteiger charge is 2.23. The van der Waals surface area contributed by atoms with E-state index in [0.717, 1.165) is 6.42 Å². The van der Waals surface area contributed by atoms with Gasteiger partial charge in [-0.15, -0.1) is 11.3 Å². The second kappa shape index (κ2) is 6.47. The van der Waals surface area contributed by atoms with Crippen LogP contribution in [-0.2, 0) is 4.74 Å². The molecule has 4 heteroatoms. The average Bonchev–Trinajstić information content (AvgIpc) is 2.90. The first-order valence-corrected chi connectivity index (χ1v) is 7.39. The summed E-state index contributed by atoms with van der Waals surface area (Å²) >= 11 is 1.75. The third kappa shape index (κ3) is 3.50. The van der Waals surface area contributed by atoms with Crippen molar-refractivity contribution in [3.8, 4) is 0 Å². The van der Waals surface area contributed by atoms with E-state index >= 15 is 0 Å². The molecule has 1 saturated carbocycles. The summed E-state index contributed by atoms with van der Waals surface area (Å²) in [6.07, 6.45) is 8.29. The van der Waals surface area contributed by atoms with Gasteiger partial charge in [-0.2, -0.15) is 0 Å². The highest BCUT2D eigenvalue weighted by atomic mass is 32.1. The standard InChI is InChI=1S/C13H22N2OS/c1-3-12(13-14-8-9-17-13)15-10-4-6-11(16-2)7-5-10/h8-12,15H,3-7H2,1-2H3. The predicted octanol–water partition coefficient (Wildman–Crippen LogP) is 3.14. The average molecular weight is 254 g/mol. The fourth-order valence-electron chi connectivity index (χ4n) is 2.52. The van der Waals surface area contributed by atoms with Gasteiger partial charge in [-0.3, -0.25) is 0 Å². The number of aromatic nitrogens is 1. The molecular formula is C13H22N2OS. The van der Waals surface area contributed by atoms with Gasteiger partial charge in [0.1, 0.15) is 5.01 Å². The maximum atomic E-state index is 5.40. The van der Waals surface area contributed by atoms with E-state index in [9.17, 15) is 0 Å². The van der Waals surface area contributed by atoms with Crippen LogP contribution < -0.4 is 5.32 Å². The Labute approximate surface area is 108 Å². The van der Waals surface area contributed by atoms with Crippen molar-refractivity contribution in [2.45, 2.75) is 57.2 Å². The van der Waals surface area contributed by atoms with Crippen LogP contribution in [0, 0.1) is 0 Å². The van der Waals surface area contributed by atoms with Crippen LogP contribution in [0.2, 0.25) is 0 Å². The van der Waals surface area contributed by atoms with Gasteiger partial charge in [0.2, 0.25) is 0 Å². The van der Waals surface area contributed by atoms with E-state index in [0.29, 0.717) is 18.2 Å². The molecule has 0 spiro atoms. The summed E-state index contributed by atoms with van der Waals surface area (Å²) in [4.78, 5) is 4.42. The molecule has 0 amide bonds. The minimum Gasteiger partial charge on any atom is -0.381 e. The monoisotopic (exact) mass is 254 g/mol. The fraction of sp³-hybridized carbons (Fsp3) is 0.769. The summed E-state index contributed by atoms with van der Waals surface area (Å²) in [7, 11) is 1.82. The van der Waals surface area contributed by atoms with E-state index in [1.165, 1.54) is 30.7 Å². The molecule has 0 bridgehead atoms. The van der Waals surface area contributed by atoms with Gasteiger partial charge in [-0.1, -0.05) is 6.92 Å². The molecule has 1 unspecified atom stereocenters. The molecule has 1 aliphatic rings. The zero-order valence-corrected chi connectivity index (χ0v) is 11.5. The van der Waals surface area contributed by atoms with Crippen LogP contribution >= 0.6 is 11.3 Å². The Kier molecular flexibility index (Phi) is 4.95. The molecule has 1 N–H and O–H groups in total. The van der Waals surface area contributed by atoms with Crippen molar-refractivity contribution in [2.24, 2.45) is 0 Å². The normalized spacial score (nSPS) is 26.9. The number of ether oxygens (including phenoxy) is 1. The third-order valence-corrected chi connectivity index (χ3v) is 4.49. The van der Waals surface area contributed by atoms with Gasteiger partial charge in [-0.25, -0.2) is 4.98 Å². The SMILES string of the molecule is CCC(NC1CCC(OC)CC1)c1nccs1. The van der Waals surface area contributed by atoms with Crippen LogP contribution in [0.15, 0.2) is 11.6 Å². The smallest absolute Gasteiger partial charge is 0.109 e. The highest BCUT2D eigenvalue weighted by Crippen LogP contribution is 2.25.